The van der Waals surface area contributed by atoms with E-state index in [4.69, 9.17) is 0 Å². The predicted octanol–water partition coefficient (Wildman–Crippen LogP) is 3.21. The van der Waals surface area contributed by atoms with Crippen molar-refractivity contribution in [2.45, 2.75) is 24.7 Å². The number of hydrogen-bond donors (Lipinski definition) is 2. The highest BCUT2D eigenvalue weighted by molar-refractivity contribution is 5.79. The molecule has 0 unspecified atom stereocenters. The zero-order valence-electron chi connectivity index (χ0n) is 18.8. The maximum Gasteiger partial charge on any atom is 0.234 e. The quantitative estimate of drug-likeness (QED) is 0.557. The third kappa shape index (κ3) is 6.05. The third-order valence-corrected chi connectivity index (χ3v) is 6.18. The lowest BCUT2D eigenvalue weighted by Gasteiger charge is -2.26. The first-order chi connectivity index (χ1) is 16.0. The summed E-state index contributed by atoms with van der Waals surface area (Å²) in [7, 11) is 1.95. The minimum absolute atomic E-state index is 0.0817. The fraction of sp³-hybridized carbons (Fsp3) is 0.296. The number of hydrogen-bond acceptors (Lipinski definition) is 4. The molecular formula is C27H30FN3O2. The Morgan fingerprint density at radius 2 is 1.58 bits per heavy atom. The highest BCUT2D eigenvalue weighted by Crippen LogP contribution is 2.22. The van der Waals surface area contributed by atoms with Crippen molar-refractivity contribution in [3.05, 3.63) is 107 Å². The second-order valence-corrected chi connectivity index (χ2v) is 8.69. The summed E-state index contributed by atoms with van der Waals surface area (Å²) in [5, 5.41) is 13.8. The van der Waals surface area contributed by atoms with Crippen LogP contribution in [0.1, 0.15) is 22.7 Å². The number of halogens is 1. The van der Waals surface area contributed by atoms with Crippen molar-refractivity contribution >= 4 is 5.91 Å². The van der Waals surface area contributed by atoms with Crippen molar-refractivity contribution in [3.63, 3.8) is 0 Å². The van der Waals surface area contributed by atoms with Crippen LogP contribution < -0.4 is 5.32 Å². The van der Waals surface area contributed by atoms with E-state index < -0.39 is 6.10 Å². The van der Waals surface area contributed by atoms with E-state index >= 15 is 0 Å². The summed E-state index contributed by atoms with van der Waals surface area (Å²) in [4.78, 5) is 17.0. The molecule has 3 aromatic rings. The van der Waals surface area contributed by atoms with Crippen LogP contribution in [-0.2, 0) is 11.3 Å². The van der Waals surface area contributed by atoms with Gasteiger partial charge in [-0.3, -0.25) is 14.6 Å². The molecular weight excluding hydrogens is 417 g/mol. The van der Waals surface area contributed by atoms with Crippen LogP contribution in [0.3, 0.4) is 0 Å². The van der Waals surface area contributed by atoms with Crippen LogP contribution >= 0.6 is 0 Å². The topological polar surface area (TPSA) is 55.8 Å². The lowest BCUT2D eigenvalue weighted by Crippen LogP contribution is -2.41. The van der Waals surface area contributed by atoms with Gasteiger partial charge in [-0.1, -0.05) is 72.8 Å². The van der Waals surface area contributed by atoms with Gasteiger partial charge >= 0.3 is 0 Å². The molecule has 1 amide bonds. The van der Waals surface area contributed by atoms with Crippen LogP contribution in [0, 0.1) is 5.82 Å². The van der Waals surface area contributed by atoms with Crippen molar-refractivity contribution < 1.29 is 14.3 Å². The smallest absolute Gasteiger partial charge is 0.234 e. The fourth-order valence-electron chi connectivity index (χ4n) is 4.46. The number of carbonyl (C=O) groups excluding carboxylic acids is 1. The van der Waals surface area contributed by atoms with Gasteiger partial charge in [0.25, 0.3) is 0 Å². The van der Waals surface area contributed by atoms with Crippen molar-refractivity contribution in [3.8, 4) is 0 Å². The number of aliphatic hydroxyl groups excluding tert-OH is 1. The second-order valence-electron chi connectivity index (χ2n) is 8.69. The van der Waals surface area contributed by atoms with Gasteiger partial charge in [-0.05, 0) is 35.9 Å². The van der Waals surface area contributed by atoms with Gasteiger partial charge in [-0.15, -0.1) is 0 Å². The first kappa shape index (κ1) is 23.1. The Morgan fingerprint density at radius 3 is 2.15 bits per heavy atom. The third-order valence-electron chi connectivity index (χ3n) is 6.18. The van der Waals surface area contributed by atoms with E-state index in [1.165, 1.54) is 12.1 Å². The summed E-state index contributed by atoms with van der Waals surface area (Å²) in [5.74, 6) is -0.342. The Labute approximate surface area is 194 Å². The van der Waals surface area contributed by atoms with Crippen LogP contribution in [0.25, 0.3) is 0 Å². The van der Waals surface area contributed by atoms with E-state index in [2.05, 4.69) is 10.2 Å². The first-order valence-corrected chi connectivity index (χ1v) is 11.2. The zero-order valence-corrected chi connectivity index (χ0v) is 18.8. The molecule has 1 aliphatic rings. The van der Waals surface area contributed by atoms with Gasteiger partial charge in [0.1, 0.15) is 5.82 Å². The number of nitrogens with one attached hydrogen (secondary N) is 1. The maximum absolute atomic E-state index is 13.2. The molecule has 0 radical (unpaired) electrons. The number of β-amino-alcohol motifs (C(OH)–C–C–N with tert-alkyl or cyclic N) is 1. The number of likely N-dealkylation sites (N-methyl/N-ethyl adjacent to an activating group) is 1. The number of benzene rings is 3. The normalized spacial score (nSPS) is 18.7. The fourth-order valence-corrected chi connectivity index (χ4v) is 4.46. The maximum atomic E-state index is 13.2. The van der Waals surface area contributed by atoms with E-state index in [1.54, 1.807) is 12.1 Å². The van der Waals surface area contributed by atoms with Crippen LogP contribution in [0.5, 0.6) is 0 Å². The minimum atomic E-state index is -0.553. The van der Waals surface area contributed by atoms with Gasteiger partial charge in [-0.2, -0.15) is 0 Å². The molecule has 1 saturated heterocycles. The van der Waals surface area contributed by atoms with E-state index in [1.807, 2.05) is 72.6 Å². The summed E-state index contributed by atoms with van der Waals surface area (Å²) in [6.07, 6.45) is -0.553. The molecule has 2 atom stereocenters. The molecule has 0 saturated carbocycles. The second kappa shape index (κ2) is 10.7. The first-order valence-electron chi connectivity index (χ1n) is 11.2. The van der Waals surface area contributed by atoms with Crippen molar-refractivity contribution in [2.75, 3.05) is 26.7 Å². The van der Waals surface area contributed by atoms with E-state index in [9.17, 15) is 14.3 Å². The predicted molar refractivity (Wildman–Crippen MR) is 127 cm³/mol. The molecule has 33 heavy (non-hydrogen) atoms. The standard InChI is InChI=1S/C27H30FN3O2/c1-30(16-20-12-14-23(28)15-13-20)24-17-31(18-25(24)32)19-26(33)29-27(21-8-4-2-5-9-21)22-10-6-3-7-11-22/h2-15,24-25,27,32H,16-19H2,1H3,(H,29,33)/t24-,25-/m0/s1. The van der Waals surface area contributed by atoms with Gasteiger partial charge in [0, 0.05) is 25.7 Å². The Hall–Kier alpha value is -3.06. The molecule has 0 aromatic heterocycles. The minimum Gasteiger partial charge on any atom is -0.390 e. The summed E-state index contributed by atoms with van der Waals surface area (Å²) >= 11 is 0. The molecule has 1 aliphatic heterocycles. The van der Waals surface area contributed by atoms with E-state index in [0.717, 1.165) is 16.7 Å². The Morgan fingerprint density at radius 1 is 1.00 bits per heavy atom. The van der Waals surface area contributed by atoms with E-state index in [0.29, 0.717) is 19.6 Å². The van der Waals surface area contributed by atoms with Crippen LogP contribution in [0.4, 0.5) is 4.39 Å². The highest BCUT2D eigenvalue weighted by Gasteiger charge is 2.35. The number of carbonyl (C=O) groups is 1. The Bertz CT molecular complexity index is 991. The molecule has 6 heteroatoms. The van der Waals surface area contributed by atoms with Crippen LogP contribution in [-0.4, -0.2) is 59.6 Å². The Kier molecular flexibility index (Phi) is 7.50. The van der Waals surface area contributed by atoms with Gasteiger partial charge in [0.15, 0.2) is 0 Å². The lowest BCUT2D eigenvalue weighted by atomic mass is 9.99. The van der Waals surface area contributed by atoms with Crippen molar-refractivity contribution in [2.24, 2.45) is 0 Å². The monoisotopic (exact) mass is 447 g/mol. The largest absolute Gasteiger partial charge is 0.390 e. The van der Waals surface area contributed by atoms with Crippen molar-refractivity contribution in [1.29, 1.82) is 0 Å². The molecule has 172 valence electrons. The molecule has 1 heterocycles. The zero-order chi connectivity index (χ0) is 23.2. The molecule has 1 fully saturated rings. The number of rotatable bonds is 8. The van der Waals surface area contributed by atoms with Crippen LogP contribution in [0.2, 0.25) is 0 Å². The van der Waals surface area contributed by atoms with Gasteiger partial charge in [0.2, 0.25) is 5.91 Å². The van der Waals surface area contributed by atoms with Gasteiger partial charge in [0.05, 0.1) is 18.7 Å². The Balaban J connectivity index is 1.37. The molecule has 0 aliphatic carbocycles. The number of amides is 1. The average molecular weight is 448 g/mol. The molecule has 0 spiro atoms. The molecule has 4 rings (SSSR count). The number of nitrogens with zero attached hydrogens (tertiary/aromatic N) is 2. The number of aliphatic hydroxyl groups is 1. The molecule has 5 nitrogen and oxygen atoms in total. The average Bonchev–Trinajstić information content (AvgIpc) is 3.20. The number of likely N-dealkylation sites (tertiary alicyclic amines) is 1. The van der Waals surface area contributed by atoms with E-state index in [-0.39, 0.29) is 30.4 Å². The van der Waals surface area contributed by atoms with Crippen LogP contribution in [0.15, 0.2) is 84.9 Å². The lowest BCUT2D eigenvalue weighted by molar-refractivity contribution is -0.122. The highest BCUT2D eigenvalue weighted by atomic mass is 19.1. The SMILES string of the molecule is CN(Cc1ccc(F)cc1)[C@H]1CN(CC(=O)NC(c2ccccc2)c2ccccc2)C[C@@H]1O. The summed E-state index contributed by atoms with van der Waals surface area (Å²) in [6.45, 7) is 1.85. The molecule has 2 N–H and O–H groups in total. The van der Waals surface area contributed by atoms with Gasteiger partial charge in [-0.25, -0.2) is 4.39 Å². The molecule has 3 aromatic carbocycles. The molecule has 0 bridgehead atoms. The summed E-state index contributed by atoms with van der Waals surface area (Å²) in [5.41, 5.74) is 3.03. The summed E-state index contributed by atoms with van der Waals surface area (Å²) < 4.78 is 13.2. The van der Waals surface area contributed by atoms with Crippen molar-refractivity contribution in [1.82, 2.24) is 15.1 Å². The van der Waals surface area contributed by atoms with Gasteiger partial charge < -0.3 is 10.4 Å². The summed E-state index contributed by atoms with van der Waals surface area (Å²) in [6, 6.07) is 25.9.